The van der Waals surface area contributed by atoms with Crippen LogP contribution >= 0.6 is 0 Å². The average molecular weight is 266 g/mol. The SMILES string of the molecule is Cc1ccc(OCc2cccc(C#CCCO)c2)cc1. The zero-order valence-electron chi connectivity index (χ0n) is 11.6. The van der Waals surface area contributed by atoms with Gasteiger partial charge in [0.25, 0.3) is 0 Å². The first-order valence-electron chi connectivity index (χ1n) is 6.66. The second kappa shape index (κ2) is 7.37. The van der Waals surface area contributed by atoms with Gasteiger partial charge in [-0.2, -0.15) is 0 Å². The van der Waals surface area contributed by atoms with E-state index < -0.39 is 0 Å². The summed E-state index contributed by atoms with van der Waals surface area (Å²) in [7, 11) is 0. The first-order valence-corrected chi connectivity index (χ1v) is 6.66. The molecule has 0 radical (unpaired) electrons. The molecule has 2 aromatic carbocycles. The van der Waals surface area contributed by atoms with Crippen LogP contribution in [0.1, 0.15) is 23.1 Å². The Kier molecular flexibility index (Phi) is 5.23. The number of hydrogen-bond acceptors (Lipinski definition) is 2. The number of aliphatic hydroxyl groups is 1. The van der Waals surface area contributed by atoms with Gasteiger partial charge in [0.1, 0.15) is 12.4 Å². The van der Waals surface area contributed by atoms with Crippen molar-refractivity contribution in [2.24, 2.45) is 0 Å². The molecule has 20 heavy (non-hydrogen) atoms. The van der Waals surface area contributed by atoms with E-state index in [0.29, 0.717) is 13.0 Å². The highest BCUT2D eigenvalue weighted by Crippen LogP contribution is 2.14. The lowest BCUT2D eigenvalue weighted by atomic mass is 10.1. The average Bonchev–Trinajstić information content (AvgIpc) is 2.47. The van der Waals surface area contributed by atoms with Crippen molar-refractivity contribution in [3.63, 3.8) is 0 Å². The predicted octanol–water partition coefficient (Wildman–Crippen LogP) is 3.31. The lowest BCUT2D eigenvalue weighted by Crippen LogP contribution is -1.95. The fourth-order valence-electron chi connectivity index (χ4n) is 1.76. The summed E-state index contributed by atoms with van der Waals surface area (Å²) in [4.78, 5) is 0. The highest BCUT2D eigenvalue weighted by atomic mass is 16.5. The van der Waals surface area contributed by atoms with Crippen LogP contribution in [0, 0.1) is 18.8 Å². The molecule has 0 aliphatic carbocycles. The summed E-state index contributed by atoms with van der Waals surface area (Å²) in [6.45, 7) is 2.68. The Bertz CT molecular complexity index is 603. The van der Waals surface area contributed by atoms with E-state index in [2.05, 4.69) is 18.8 Å². The molecule has 0 saturated carbocycles. The maximum Gasteiger partial charge on any atom is 0.119 e. The molecule has 0 aromatic heterocycles. The lowest BCUT2D eigenvalue weighted by molar-refractivity contribution is 0.305. The Morgan fingerprint density at radius 3 is 2.65 bits per heavy atom. The van der Waals surface area contributed by atoms with Gasteiger partial charge in [-0.15, -0.1) is 0 Å². The molecule has 102 valence electrons. The van der Waals surface area contributed by atoms with Gasteiger partial charge in [-0.25, -0.2) is 0 Å². The van der Waals surface area contributed by atoms with Crippen LogP contribution in [0.3, 0.4) is 0 Å². The molecule has 0 fully saturated rings. The zero-order valence-corrected chi connectivity index (χ0v) is 11.6. The monoisotopic (exact) mass is 266 g/mol. The third-order valence-electron chi connectivity index (χ3n) is 2.82. The molecule has 0 saturated heterocycles. The Morgan fingerprint density at radius 1 is 1.10 bits per heavy atom. The minimum atomic E-state index is 0.100. The first kappa shape index (κ1) is 14.2. The number of hydrogen-bond donors (Lipinski definition) is 1. The van der Waals surface area contributed by atoms with E-state index in [-0.39, 0.29) is 6.61 Å². The number of benzene rings is 2. The summed E-state index contributed by atoms with van der Waals surface area (Å²) in [5.41, 5.74) is 3.25. The van der Waals surface area contributed by atoms with Crippen molar-refractivity contribution in [3.05, 3.63) is 65.2 Å². The smallest absolute Gasteiger partial charge is 0.119 e. The molecule has 2 heteroatoms. The Hall–Kier alpha value is -2.24. The molecule has 2 aromatic rings. The third-order valence-corrected chi connectivity index (χ3v) is 2.82. The van der Waals surface area contributed by atoms with Gasteiger partial charge in [-0.1, -0.05) is 41.7 Å². The highest BCUT2D eigenvalue weighted by Gasteiger charge is 1.97. The fraction of sp³-hybridized carbons (Fsp3) is 0.222. The molecule has 0 atom stereocenters. The number of aliphatic hydroxyl groups excluding tert-OH is 1. The summed E-state index contributed by atoms with van der Waals surface area (Å²) in [5, 5.41) is 8.71. The van der Waals surface area contributed by atoms with Gasteiger partial charge in [0.15, 0.2) is 0 Å². The summed E-state index contributed by atoms with van der Waals surface area (Å²) >= 11 is 0. The van der Waals surface area contributed by atoms with Gasteiger partial charge in [-0.05, 0) is 36.8 Å². The van der Waals surface area contributed by atoms with Crippen molar-refractivity contribution in [2.45, 2.75) is 20.0 Å². The molecular formula is C18H18O2. The van der Waals surface area contributed by atoms with Crippen LogP contribution in [0.5, 0.6) is 5.75 Å². The van der Waals surface area contributed by atoms with Crippen LogP contribution in [-0.4, -0.2) is 11.7 Å². The van der Waals surface area contributed by atoms with Gasteiger partial charge in [0.2, 0.25) is 0 Å². The highest BCUT2D eigenvalue weighted by molar-refractivity contribution is 5.37. The van der Waals surface area contributed by atoms with Crippen molar-refractivity contribution >= 4 is 0 Å². The minimum Gasteiger partial charge on any atom is -0.489 e. The molecular weight excluding hydrogens is 248 g/mol. The Labute approximate surface area is 120 Å². The maximum absolute atomic E-state index is 8.71. The lowest BCUT2D eigenvalue weighted by Gasteiger charge is -2.06. The Morgan fingerprint density at radius 2 is 1.90 bits per heavy atom. The van der Waals surface area contributed by atoms with Gasteiger partial charge in [0, 0.05) is 12.0 Å². The van der Waals surface area contributed by atoms with Crippen LogP contribution in [0.15, 0.2) is 48.5 Å². The molecule has 2 nitrogen and oxygen atoms in total. The minimum absolute atomic E-state index is 0.100. The van der Waals surface area contributed by atoms with E-state index in [4.69, 9.17) is 9.84 Å². The topological polar surface area (TPSA) is 29.5 Å². The molecule has 1 N–H and O–H groups in total. The fourth-order valence-corrected chi connectivity index (χ4v) is 1.76. The molecule has 2 rings (SSSR count). The van der Waals surface area contributed by atoms with Crippen LogP contribution in [0.2, 0.25) is 0 Å². The molecule has 0 heterocycles. The normalized spacial score (nSPS) is 9.70. The van der Waals surface area contributed by atoms with Gasteiger partial charge >= 0.3 is 0 Å². The van der Waals surface area contributed by atoms with Crippen LogP contribution in [0.4, 0.5) is 0 Å². The quantitative estimate of drug-likeness (QED) is 0.860. The number of ether oxygens (including phenoxy) is 1. The third kappa shape index (κ3) is 4.46. The van der Waals surface area contributed by atoms with E-state index in [1.807, 2.05) is 48.5 Å². The molecule has 0 aliphatic rings. The predicted molar refractivity (Wildman–Crippen MR) is 80.5 cm³/mol. The summed E-state index contributed by atoms with van der Waals surface area (Å²) in [6.07, 6.45) is 0.504. The van der Waals surface area contributed by atoms with Gasteiger partial charge in [0.05, 0.1) is 6.61 Å². The largest absolute Gasteiger partial charge is 0.489 e. The second-order valence-electron chi connectivity index (χ2n) is 4.58. The molecule has 0 spiro atoms. The molecule has 0 bridgehead atoms. The van der Waals surface area contributed by atoms with E-state index in [0.717, 1.165) is 16.9 Å². The first-order chi connectivity index (χ1) is 9.78. The van der Waals surface area contributed by atoms with E-state index in [1.54, 1.807) is 0 Å². The summed E-state index contributed by atoms with van der Waals surface area (Å²) in [6, 6.07) is 16.0. The van der Waals surface area contributed by atoms with Gasteiger partial charge < -0.3 is 9.84 Å². The van der Waals surface area contributed by atoms with Crippen LogP contribution in [0.25, 0.3) is 0 Å². The zero-order chi connectivity index (χ0) is 14.2. The van der Waals surface area contributed by atoms with Crippen molar-refractivity contribution in [3.8, 4) is 17.6 Å². The number of aryl methyl sites for hydroxylation is 1. The van der Waals surface area contributed by atoms with Crippen molar-refractivity contribution in [2.75, 3.05) is 6.61 Å². The molecule has 0 unspecified atom stereocenters. The number of rotatable bonds is 4. The van der Waals surface area contributed by atoms with E-state index in [1.165, 1.54) is 5.56 Å². The molecule has 0 amide bonds. The standard InChI is InChI=1S/C18H18O2/c1-15-8-10-18(11-9-15)20-14-17-7-4-6-16(13-17)5-2-3-12-19/h4,6-11,13,19H,3,12,14H2,1H3. The van der Waals surface area contributed by atoms with Crippen molar-refractivity contribution in [1.29, 1.82) is 0 Å². The Balaban J connectivity index is 1.98. The van der Waals surface area contributed by atoms with Crippen LogP contribution < -0.4 is 4.74 Å². The molecule has 0 aliphatic heterocycles. The second-order valence-corrected chi connectivity index (χ2v) is 4.58. The van der Waals surface area contributed by atoms with Gasteiger partial charge in [-0.3, -0.25) is 0 Å². The van der Waals surface area contributed by atoms with Crippen LogP contribution in [-0.2, 0) is 6.61 Å². The van der Waals surface area contributed by atoms with E-state index in [9.17, 15) is 0 Å². The van der Waals surface area contributed by atoms with Crippen molar-refractivity contribution < 1.29 is 9.84 Å². The van der Waals surface area contributed by atoms with Crippen molar-refractivity contribution in [1.82, 2.24) is 0 Å². The summed E-state index contributed by atoms with van der Waals surface area (Å²) < 4.78 is 5.74. The summed E-state index contributed by atoms with van der Waals surface area (Å²) in [5.74, 6) is 6.81. The van der Waals surface area contributed by atoms with E-state index >= 15 is 0 Å². The maximum atomic E-state index is 8.71.